The standard InChI is InChI=1S/C14H20F2N2O/c1-2-3-4-5-9-17-10-13(19)18-14-11(15)7-6-8-12(14)16/h6-8,17H,2-5,9-10H2,1H3,(H,18,19). The van der Waals surface area contributed by atoms with E-state index in [1.165, 1.54) is 12.5 Å². The molecule has 0 spiro atoms. The van der Waals surface area contributed by atoms with Gasteiger partial charge in [-0.05, 0) is 25.1 Å². The summed E-state index contributed by atoms with van der Waals surface area (Å²) in [5.41, 5.74) is -0.389. The molecule has 0 radical (unpaired) electrons. The largest absolute Gasteiger partial charge is 0.320 e. The zero-order chi connectivity index (χ0) is 14.1. The third-order valence-corrected chi connectivity index (χ3v) is 2.72. The van der Waals surface area contributed by atoms with Gasteiger partial charge in [-0.1, -0.05) is 32.3 Å². The summed E-state index contributed by atoms with van der Waals surface area (Å²) < 4.78 is 26.5. The van der Waals surface area contributed by atoms with E-state index in [1.807, 2.05) is 0 Å². The molecular formula is C14H20F2N2O. The molecule has 0 heterocycles. The predicted octanol–water partition coefficient (Wildman–Crippen LogP) is 3.07. The topological polar surface area (TPSA) is 41.1 Å². The maximum atomic E-state index is 13.3. The predicted molar refractivity (Wildman–Crippen MR) is 72.0 cm³/mol. The minimum Gasteiger partial charge on any atom is -0.320 e. The lowest BCUT2D eigenvalue weighted by atomic mass is 10.2. The van der Waals surface area contributed by atoms with Gasteiger partial charge in [-0.3, -0.25) is 4.79 Å². The van der Waals surface area contributed by atoms with E-state index < -0.39 is 17.5 Å². The van der Waals surface area contributed by atoms with Crippen molar-refractivity contribution in [3.8, 4) is 0 Å². The van der Waals surface area contributed by atoms with Crippen molar-refractivity contribution in [1.29, 1.82) is 0 Å². The van der Waals surface area contributed by atoms with Gasteiger partial charge in [0.25, 0.3) is 0 Å². The molecule has 0 unspecified atom stereocenters. The molecule has 0 bridgehead atoms. The molecule has 0 aromatic heterocycles. The Balaban J connectivity index is 2.28. The Hall–Kier alpha value is -1.49. The van der Waals surface area contributed by atoms with Gasteiger partial charge in [0.1, 0.15) is 17.3 Å². The van der Waals surface area contributed by atoms with E-state index in [0.717, 1.165) is 37.9 Å². The molecule has 0 aliphatic carbocycles. The number of amides is 1. The van der Waals surface area contributed by atoms with Crippen LogP contribution in [0.3, 0.4) is 0 Å². The number of rotatable bonds is 8. The molecule has 106 valence electrons. The van der Waals surface area contributed by atoms with E-state index in [-0.39, 0.29) is 12.2 Å². The minimum absolute atomic E-state index is 0.0555. The van der Waals surface area contributed by atoms with Gasteiger partial charge in [0.15, 0.2) is 0 Å². The normalized spacial score (nSPS) is 10.5. The van der Waals surface area contributed by atoms with Crippen LogP contribution in [0.5, 0.6) is 0 Å². The van der Waals surface area contributed by atoms with E-state index in [4.69, 9.17) is 0 Å². The van der Waals surface area contributed by atoms with E-state index >= 15 is 0 Å². The van der Waals surface area contributed by atoms with Gasteiger partial charge in [-0.2, -0.15) is 0 Å². The molecule has 3 nitrogen and oxygen atoms in total. The molecule has 1 rings (SSSR count). The van der Waals surface area contributed by atoms with Crippen molar-refractivity contribution in [2.24, 2.45) is 0 Å². The molecule has 2 N–H and O–H groups in total. The maximum absolute atomic E-state index is 13.3. The van der Waals surface area contributed by atoms with Crippen LogP contribution in [0, 0.1) is 11.6 Å². The highest BCUT2D eigenvalue weighted by molar-refractivity contribution is 5.92. The molecule has 1 aromatic rings. The van der Waals surface area contributed by atoms with Crippen molar-refractivity contribution in [3.63, 3.8) is 0 Å². The fraction of sp³-hybridized carbons (Fsp3) is 0.500. The number of unbranched alkanes of at least 4 members (excludes halogenated alkanes) is 3. The van der Waals surface area contributed by atoms with Crippen molar-refractivity contribution in [2.75, 3.05) is 18.4 Å². The number of nitrogens with one attached hydrogen (secondary N) is 2. The first-order valence-corrected chi connectivity index (χ1v) is 6.59. The van der Waals surface area contributed by atoms with Gasteiger partial charge in [0, 0.05) is 0 Å². The van der Waals surface area contributed by atoms with Crippen LogP contribution in [0.1, 0.15) is 32.6 Å². The number of carbonyl (C=O) groups is 1. The molecule has 5 heteroatoms. The average Bonchev–Trinajstić information content (AvgIpc) is 2.38. The third-order valence-electron chi connectivity index (χ3n) is 2.72. The number of anilines is 1. The molecule has 0 saturated heterocycles. The Morgan fingerprint density at radius 2 is 1.84 bits per heavy atom. The quantitative estimate of drug-likeness (QED) is 0.713. The molecule has 1 amide bonds. The third kappa shape index (κ3) is 5.79. The monoisotopic (exact) mass is 270 g/mol. The summed E-state index contributed by atoms with van der Waals surface area (Å²) >= 11 is 0. The zero-order valence-corrected chi connectivity index (χ0v) is 11.1. The zero-order valence-electron chi connectivity index (χ0n) is 11.1. The summed E-state index contributed by atoms with van der Waals surface area (Å²) in [6.45, 7) is 2.91. The van der Waals surface area contributed by atoms with Crippen LogP contribution in [-0.2, 0) is 4.79 Å². The summed E-state index contributed by atoms with van der Waals surface area (Å²) in [4.78, 5) is 11.5. The van der Waals surface area contributed by atoms with Crippen LogP contribution in [0.2, 0.25) is 0 Å². The minimum atomic E-state index is -0.767. The van der Waals surface area contributed by atoms with Crippen molar-refractivity contribution in [2.45, 2.75) is 32.6 Å². The second kappa shape index (κ2) is 8.58. The molecule has 0 saturated carbocycles. The van der Waals surface area contributed by atoms with Gasteiger partial charge in [-0.25, -0.2) is 8.78 Å². The fourth-order valence-electron chi connectivity index (χ4n) is 1.68. The molecule has 0 aliphatic heterocycles. The summed E-state index contributed by atoms with van der Waals surface area (Å²) in [7, 11) is 0. The highest BCUT2D eigenvalue weighted by Crippen LogP contribution is 2.17. The highest BCUT2D eigenvalue weighted by Gasteiger charge is 2.11. The maximum Gasteiger partial charge on any atom is 0.238 e. The molecular weight excluding hydrogens is 250 g/mol. The first kappa shape index (κ1) is 15.6. The van der Waals surface area contributed by atoms with Crippen LogP contribution in [0.4, 0.5) is 14.5 Å². The average molecular weight is 270 g/mol. The van der Waals surface area contributed by atoms with Crippen LogP contribution in [0.15, 0.2) is 18.2 Å². The van der Waals surface area contributed by atoms with Crippen molar-refractivity contribution >= 4 is 11.6 Å². The lowest BCUT2D eigenvalue weighted by Crippen LogP contribution is -2.29. The number of para-hydroxylation sites is 1. The summed E-state index contributed by atoms with van der Waals surface area (Å²) in [5, 5.41) is 5.18. The first-order valence-electron chi connectivity index (χ1n) is 6.59. The van der Waals surface area contributed by atoms with Gasteiger partial charge in [0.2, 0.25) is 5.91 Å². The van der Waals surface area contributed by atoms with Crippen LogP contribution in [-0.4, -0.2) is 19.0 Å². The van der Waals surface area contributed by atoms with Crippen molar-refractivity contribution in [3.05, 3.63) is 29.8 Å². The van der Waals surface area contributed by atoms with Crippen molar-refractivity contribution in [1.82, 2.24) is 5.32 Å². The first-order chi connectivity index (χ1) is 9.15. The van der Waals surface area contributed by atoms with Gasteiger partial charge in [0.05, 0.1) is 6.54 Å². The molecule has 19 heavy (non-hydrogen) atoms. The second-order valence-corrected chi connectivity index (χ2v) is 4.38. The summed E-state index contributed by atoms with van der Waals surface area (Å²) in [5.74, 6) is -1.98. The molecule has 0 atom stereocenters. The second-order valence-electron chi connectivity index (χ2n) is 4.38. The Morgan fingerprint density at radius 1 is 1.16 bits per heavy atom. The number of halogens is 2. The lowest BCUT2D eigenvalue weighted by molar-refractivity contribution is -0.115. The highest BCUT2D eigenvalue weighted by atomic mass is 19.1. The number of benzene rings is 1. The number of hydrogen-bond donors (Lipinski definition) is 2. The van der Waals surface area contributed by atoms with E-state index in [1.54, 1.807) is 0 Å². The van der Waals surface area contributed by atoms with Crippen LogP contribution in [0.25, 0.3) is 0 Å². The van der Waals surface area contributed by atoms with Crippen molar-refractivity contribution < 1.29 is 13.6 Å². The molecule has 0 fully saturated rings. The summed E-state index contributed by atoms with van der Waals surface area (Å²) in [6, 6.07) is 3.47. The number of hydrogen-bond acceptors (Lipinski definition) is 2. The van der Waals surface area contributed by atoms with Gasteiger partial charge in [-0.15, -0.1) is 0 Å². The van der Waals surface area contributed by atoms with E-state index in [9.17, 15) is 13.6 Å². The van der Waals surface area contributed by atoms with Gasteiger partial charge < -0.3 is 10.6 Å². The smallest absolute Gasteiger partial charge is 0.238 e. The van der Waals surface area contributed by atoms with Gasteiger partial charge >= 0.3 is 0 Å². The Labute approximate surface area is 112 Å². The SMILES string of the molecule is CCCCCCNCC(=O)Nc1c(F)cccc1F. The van der Waals surface area contributed by atoms with E-state index in [0.29, 0.717) is 0 Å². The summed E-state index contributed by atoms with van der Waals surface area (Å²) in [6.07, 6.45) is 4.45. The Bertz CT molecular complexity index is 390. The number of carbonyl (C=O) groups excluding carboxylic acids is 1. The lowest BCUT2D eigenvalue weighted by Gasteiger charge is -2.08. The Morgan fingerprint density at radius 3 is 2.47 bits per heavy atom. The van der Waals surface area contributed by atoms with Crippen LogP contribution < -0.4 is 10.6 Å². The fourth-order valence-corrected chi connectivity index (χ4v) is 1.68. The Kier molecular flexibility index (Phi) is 7.03. The van der Waals surface area contributed by atoms with Crippen LogP contribution >= 0.6 is 0 Å². The van der Waals surface area contributed by atoms with E-state index in [2.05, 4.69) is 17.6 Å². The molecule has 1 aromatic carbocycles. The molecule has 0 aliphatic rings.